The summed E-state index contributed by atoms with van der Waals surface area (Å²) in [6.45, 7) is 6.85. The first-order chi connectivity index (χ1) is 12.9. The number of aryl methyl sites for hydroxylation is 1. The largest absolute Gasteiger partial charge is 0.462 e. The average molecular weight is 367 g/mol. The Morgan fingerprint density at radius 2 is 1.89 bits per heavy atom. The number of hydrogen-bond acceptors (Lipinski definition) is 2. The van der Waals surface area contributed by atoms with E-state index in [0.717, 1.165) is 47.7 Å². The van der Waals surface area contributed by atoms with Crippen molar-refractivity contribution in [3.8, 4) is 0 Å². The van der Waals surface area contributed by atoms with Crippen LogP contribution >= 0.6 is 0 Å². The molecule has 4 aliphatic rings. The van der Waals surface area contributed by atoms with Crippen molar-refractivity contribution in [2.45, 2.75) is 78.6 Å². The Kier molecular flexibility index (Phi) is 4.01. The molecular weight excluding hydrogens is 332 g/mol. The molecule has 0 bridgehead atoms. The van der Waals surface area contributed by atoms with Gasteiger partial charge in [0, 0.05) is 5.41 Å². The second-order valence-electron chi connectivity index (χ2n) is 10.5. The Morgan fingerprint density at radius 3 is 2.67 bits per heavy atom. The number of hydrogen-bond donors (Lipinski definition) is 0. The minimum Gasteiger partial charge on any atom is -0.462 e. The van der Waals surface area contributed by atoms with Gasteiger partial charge in [0.2, 0.25) is 0 Å². The van der Waals surface area contributed by atoms with E-state index in [1.54, 1.807) is 0 Å². The molecule has 2 heteroatoms. The molecule has 0 aromatic carbocycles. The molecule has 0 aliphatic heterocycles. The normalized spacial score (nSPS) is 45.4. The standard InChI is InChI=1S/C25H34O2/c1-16-7-9-19(27-16)14-17-15-22-20-10-8-18-6-4-5-12-24(18,2)21(20)11-13-25(22,3)23(17)26/h7,9,14,18,20-22H,4-6,8,10-13,15H2,1-3H3/b17-14-/t18-,20+,21-,22-,24-,25-/m0/s1. The van der Waals surface area contributed by atoms with Crippen LogP contribution in [-0.4, -0.2) is 5.78 Å². The minimum atomic E-state index is -0.132. The average Bonchev–Trinajstić information content (AvgIpc) is 3.16. The molecule has 2 nitrogen and oxygen atoms in total. The van der Waals surface area contributed by atoms with E-state index < -0.39 is 0 Å². The van der Waals surface area contributed by atoms with E-state index in [-0.39, 0.29) is 5.41 Å². The van der Waals surface area contributed by atoms with Gasteiger partial charge >= 0.3 is 0 Å². The van der Waals surface area contributed by atoms with Crippen molar-refractivity contribution in [3.63, 3.8) is 0 Å². The molecular formula is C25H34O2. The molecule has 0 spiro atoms. The third kappa shape index (κ3) is 2.54. The van der Waals surface area contributed by atoms with Gasteiger partial charge in [0.1, 0.15) is 11.5 Å². The van der Waals surface area contributed by atoms with Gasteiger partial charge in [-0.25, -0.2) is 0 Å². The smallest absolute Gasteiger partial charge is 0.165 e. The van der Waals surface area contributed by atoms with Crippen LogP contribution in [0.3, 0.4) is 0 Å². The highest BCUT2D eigenvalue weighted by atomic mass is 16.3. The van der Waals surface area contributed by atoms with Crippen LogP contribution in [-0.2, 0) is 4.79 Å². The third-order valence-electron chi connectivity index (χ3n) is 9.30. The molecule has 0 saturated heterocycles. The molecule has 0 radical (unpaired) electrons. The van der Waals surface area contributed by atoms with E-state index in [0.29, 0.717) is 17.1 Å². The number of Topliss-reactive ketones (excluding diaryl/α,β-unsaturated/α-hetero) is 1. The quantitative estimate of drug-likeness (QED) is 0.525. The van der Waals surface area contributed by atoms with Crippen LogP contribution in [0.2, 0.25) is 0 Å². The van der Waals surface area contributed by atoms with Crippen LogP contribution in [0, 0.1) is 41.4 Å². The summed E-state index contributed by atoms with van der Waals surface area (Å²) in [7, 11) is 0. The summed E-state index contributed by atoms with van der Waals surface area (Å²) in [6, 6.07) is 3.98. The molecule has 0 N–H and O–H groups in total. The van der Waals surface area contributed by atoms with Gasteiger partial charge in [0.05, 0.1) is 0 Å². The summed E-state index contributed by atoms with van der Waals surface area (Å²) in [4.78, 5) is 13.4. The third-order valence-corrected chi connectivity index (χ3v) is 9.30. The van der Waals surface area contributed by atoms with Gasteiger partial charge in [-0.15, -0.1) is 0 Å². The highest BCUT2D eigenvalue weighted by Crippen LogP contribution is 2.66. The van der Waals surface area contributed by atoms with Crippen LogP contribution in [0.15, 0.2) is 22.1 Å². The maximum Gasteiger partial charge on any atom is 0.165 e. The molecule has 1 aromatic rings. The molecule has 4 fully saturated rings. The predicted molar refractivity (Wildman–Crippen MR) is 108 cm³/mol. The second-order valence-corrected chi connectivity index (χ2v) is 10.5. The Morgan fingerprint density at radius 1 is 1.04 bits per heavy atom. The predicted octanol–water partition coefficient (Wildman–Crippen LogP) is 6.58. The molecule has 4 aliphatic carbocycles. The summed E-state index contributed by atoms with van der Waals surface area (Å²) < 4.78 is 5.74. The van der Waals surface area contributed by atoms with Gasteiger partial charge < -0.3 is 4.42 Å². The fourth-order valence-corrected chi connectivity index (χ4v) is 7.80. The van der Waals surface area contributed by atoms with Crippen molar-refractivity contribution in [2.75, 3.05) is 0 Å². The van der Waals surface area contributed by atoms with Gasteiger partial charge in [-0.05, 0) is 105 Å². The van der Waals surface area contributed by atoms with Crippen LogP contribution in [0.1, 0.15) is 83.2 Å². The van der Waals surface area contributed by atoms with Crippen molar-refractivity contribution in [1.82, 2.24) is 0 Å². The highest BCUT2D eigenvalue weighted by Gasteiger charge is 2.60. The lowest BCUT2D eigenvalue weighted by Gasteiger charge is -2.59. The maximum absolute atomic E-state index is 13.4. The molecule has 1 heterocycles. The van der Waals surface area contributed by atoms with E-state index in [9.17, 15) is 4.79 Å². The lowest BCUT2D eigenvalue weighted by Crippen LogP contribution is -2.52. The van der Waals surface area contributed by atoms with Crippen LogP contribution in [0.4, 0.5) is 0 Å². The number of furan rings is 1. The molecule has 1 aromatic heterocycles. The maximum atomic E-state index is 13.4. The Labute approximate surface area is 163 Å². The van der Waals surface area contributed by atoms with Crippen LogP contribution in [0.25, 0.3) is 6.08 Å². The number of carbonyl (C=O) groups is 1. The monoisotopic (exact) mass is 366 g/mol. The number of fused-ring (bicyclic) bond motifs is 5. The first kappa shape index (κ1) is 17.8. The van der Waals surface area contributed by atoms with Crippen molar-refractivity contribution in [2.24, 2.45) is 34.5 Å². The van der Waals surface area contributed by atoms with E-state index in [1.807, 2.05) is 25.1 Å². The second kappa shape index (κ2) is 6.09. The van der Waals surface area contributed by atoms with Gasteiger partial charge in [-0.1, -0.05) is 26.7 Å². The van der Waals surface area contributed by atoms with Gasteiger partial charge in [-0.3, -0.25) is 4.79 Å². The van der Waals surface area contributed by atoms with Gasteiger partial charge in [-0.2, -0.15) is 0 Å². The number of rotatable bonds is 1. The summed E-state index contributed by atoms with van der Waals surface area (Å²) in [5.41, 5.74) is 1.43. The van der Waals surface area contributed by atoms with E-state index in [2.05, 4.69) is 13.8 Å². The lowest BCUT2D eigenvalue weighted by molar-refractivity contribution is -0.137. The van der Waals surface area contributed by atoms with E-state index >= 15 is 0 Å². The summed E-state index contributed by atoms with van der Waals surface area (Å²) in [5, 5.41) is 0. The summed E-state index contributed by atoms with van der Waals surface area (Å²) in [6.07, 6.45) is 13.8. The summed E-state index contributed by atoms with van der Waals surface area (Å²) in [5.74, 6) is 5.25. The van der Waals surface area contributed by atoms with E-state index in [1.165, 1.54) is 44.9 Å². The van der Waals surface area contributed by atoms with Crippen molar-refractivity contribution in [3.05, 3.63) is 29.2 Å². The van der Waals surface area contributed by atoms with Crippen LogP contribution < -0.4 is 0 Å². The zero-order valence-corrected chi connectivity index (χ0v) is 17.2. The molecule has 4 saturated carbocycles. The summed E-state index contributed by atoms with van der Waals surface area (Å²) >= 11 is 0. The van der Waals surface area contributed by atoms with Crippen molar-refractivity contribution >= 4 is 11.9 Å². The lowest BCUT2D eigenvalue weighted by atomic mass is 9.45. The van der Waals surface area contributed by atoms with E-state index in [4.69, 9.17) is 4.42 Å². The molecule has 6 atom stereocenters. The highest BCUT2D eigenvalue weighted by molar-refractivity contribution is 6.05. The Balaban J connectivity index is 1.46. The molecule has 27 heavy (non-hydrogen) atoms. The number of carbonyl (C=O) groups excluding carboxylic acids is 1. The number of ketones is 1. The topological polar surface area (TPSA) is 30.2 Å². The number of allylic oxidation sites excluding steroid dienone is 1. The fraction of sp³-hybridized carbons (Fsp3) is 0.720. The van der Waals surface area contributed by atoms with Gasteiger partial charge in [0.15, 0.2) is 5.78 Å². The first-order valence-corrected chi connectivity index (χ1v) is 11.2. The SMILES string of the molecule is Cc1ccc(/C=C2/C[C@H]3[C@@H]4CC[C@@H]5CCCC[C@]5(C)[C@H]4CC[C@]3(C)C2=O)o1. The first-order valence-electron chi connectivity index (χ1n) is 11.2. The molecule has 5 rings (SSSR count). The van der Waals surface area contributed by atoms with Crippen molar-refractivity contribution in [1.29, 1.82) is 0 Å². The molecule has 146 valence electrons. The zero-order valence-electron chi connectivity index (χ0n) is 17.2. The van der Waals surface area contributed by atoms with Crippen molar-refractivity contribution < 1.29 is 9.21 Å². The molecule has 0 amide bonds. The fourth-order valence-electron chi connectivity index (χ4n) is 7.80. The van der Waals surface area contributed by atoms with Gasteiger partial charge in [0.25, 0.3) is 0 Å². The Bertz CT molecular complexity index is 786. The minimum absolute atomic E-state index is 0.132. The zero-order chi connectivity index (χ0) is 18.8. The Hall–Kier alpha value is -1.31. The van der Waals surface area contributed by atoms with Crippen LogP contribution in [0.5, 0.6) is 0 Å². The molecule has 0 unspecified atom stereocenters.